The maximum Gasteiger partial charge on any atom is 0.240 e. The highest BCUT2D eigenvalue weighted by atomic mass is 32.2. The Bertz CT molecular complexity index is 966. The summed E-state index contributed by atoms with van der Waals surface area (Å²) in [6.45, 7) is 4.73. The molecule has 0 aliphatic rings. The fourth-order valence-electron chi connectivity index (χ4n) is 2.39. The first-order chi connectivity index (χ1) is 12.0. The van der Waals surface area contributed by atoms with Crippen molar-refractivity contribution in [2.75, 3.05) is 18.4 Å². The van der Waals surface area contributed by atoms with E-state index in [0.29, 0.717) is 6.54 Å². The minimum Gasteiger partial charge on any atom is -0.368 e. The number of nitrogens with zero attached hydrogens (tertiary/aromatic N) is 2. The number of anilines is 1. The molecule has 0 amide bonds. The zero-order chi connectivity index (χ0) is 17.9. The van der Waals surface area contributed by atoms with Crippen molar-refractivity contribution in [3.63, 3.8) is 0 Å². The quantitative estimate of drug-likeness (QED) is 0.620. The third kappa shape index (κ3) is 4.15. The van der Waals surface area contributed by atoms with Gasteiger partial charge in [-0.3, -0.25) is 0 Å². The summed E-state index contributed by atoms with van der Waals surface area (Å²) in [6.07, 6.45) is 2.48. The predicted molar refractivity (Wildman–Crippen MR) is 102 cm³/mol. The van der Waals surface area contributed by atoms with Crippen LogP contribution in [0.1, 0.15) is 17.4 Å². The van der Waals surface area contributed by atoms with Crippen molar-refractivity contribution in [1.29, 1.82) is 0 Å². The summed E-state index contributed by atoms with van der Waals surface area (Å²) in [5.41, 5.74) is 1.02. The average molecular weight is 377 g/mol. The minimum absolute atomic E-state index is 0.270. The number of nitrogens with one attached hydrogen (secondary N) is 2. The summed E-state index contributed by atoms with van der Waals surface area (Å²) in [7, 11) is -3.49. The van der Waals surface area contributed by atoms with Gasteiger partial charge in [0.05, 0.1) is 10.3 Å². The lowest BCUT2D eigenvalue weighted by Gasteiger charge is -2.09. The molecule has 0 spiro atoms. The Kier molecular flexibility index (Phi) is 5.31. The van der Waals surface area contributed by atoms with Gasteiger partial charge in [-0.05, 0) is 31.5 Å². The predicted octanol–water partition coefficient (Wildman–Crippen LogP) is 2.95. The molecule has 25 heavy (non-hydrogen) atoms. The molecular formula is C17H20N4O2S2. The Labute approximate surface area is 151 Å². The van der Waals surface area contributed by atoms with Crippen molar-refractivity contribution in [2.45, 2.75) is 25.2 Å². The Morgan fingerprint density at radius 3 is 2.60 bits per heavy atom. The second-order valence-corrected chi connectivity index (χ2v) is 8.53. The molecule has 132 valence electrons. The number of fused-ring (bicyclic) bond motifs is 1. The van der Waals surface area contributed by atoms with E-state index in [1.54, 1.807) is 35.6 Å². The van der Waals surface area contributed by atoms with Crippen molar-refractivity contribution in [1.82, 2.24) is 14.7 Å². The Balaban J connectivity index is 1.62. The fourth-order valence-corrected chi connectivity index (χ4v) is 4.35. The molecule has 0 bridgehead atoms. The molecule has 2 N–H and O–H groups in total. The summed E-state index contributed by atoms with van der Waals surface area (Å²) in [6, 6.07) is 8.87. The summed E-state index contributed by atoms with van der Waals surface area (Å²) in [5, 5.41) is 4.16. The molecule has 0 saturated carbocycles. The van der Waals surface area contributed by atoms with Gasteiger partial charge in [0.2, 0.25) is 10.0 Å². The molecule has 3 rings (SSSR count). The summed E-state index contributed by atoms with van der Waals surface area (Å²) in [4.78, 5) is 11.0. The Hall–Kier alpha value is -2.03. The first kappa shape index (κ1) is 17.8. The van der Waals surface area contributed by atoms with E-state index in [1.807, 2.05) is 6.92 Å². The molecular weight excluding hydrogens is 356 g/mol. The normalized spacial score (nSPS) is 11.8. The number of sulfonamides is 1. The molecule has 0 fully saturated rings. The van der Waals surface area contributed by atoms with Crippen molar-refractivity contribution in [2.24, 2.45) is 0 Å². The molecule has 0 aliphatic heterocycles. The van der Waals surface area contributed by atoms with Gasteiger partial charge < -0.3 is 5.32 Å². The lowest BCUT2D eigenvalue weighted by molar-refractivity contribution is 0.583. The van der Waals surface area contributed by atoms with Gasteiger partial charge in [0.1, 0.15) is 17.0 Å². The first-order valence-electron chi connectivity index (χ1n) is 8.03. The SMILES string of the molecule is CCc1cc2c(NCCNS(=O)(=O)c3ccc(C)cc3)ncnc2s1. The smallest absolute Gasteiger partial charge is 0.240 e. The van der Waals surface area contributed by atoms with Crippen molar-refractivity contribution in [3.05, 3.63) is 47.1 Å². The lowest BCUT2D eigenvalue weighted by atomic mass is 10.2. The Morgan fingerprint density at radius 2 is 1.88 bits per heavy atom. The van der Waals surface area contributed by atoms with Crippen molar-refractivity contribution in [3.8, 4) is 0 Å². The molecule has 3 aromatic rings. The summed E-state index contributed by atoms with van der Waals surface area (Å²) >= 11 is 1.65. The monoisotopic (exact) mass is 376 g/mol. The minimum atomic E-state index is -3.49. The van der Waals surface area contributed by atoms with Crippen LogP contribution in [0.15, 0.2) is 41.6 Å². The van der Waals surface area contributed by atoms with Gasteiger partial charge in [-0.25, -0.2) is 23.1 Å². The van der Waals surface area contributed by atoms with Gasteiger partial charge in [-0.1, -0.05) is 24.6 Å². The van der Waals surface area contributed by atoms with E-state index >= 15 is 0 Å². The van der Waals surface area contributed by atoms with E-state index in [1.165, 1.54) is 11.2 Å². The van der Waals surface area contributed by atoms with Crippen LogP contribution < -0.4 is 10.0 Å². The molecule has 0 aliphatic carbocycles. The largest absolute Gasteiger partial charge is 0.368 e. The van der Waals surface area contributed by atoms with Gasteiger partial charge >= 0.3 is 0 Å². The van der Waals surface area contributed by atoms with Crippen molar-refractivity contribution < 1.29 is 8.42 Å². The summed E-state index contributed by atoms with van der Waals surface area (Å²) < 4.78 is 27.1. The molecule has 6 nitrogen and oxygen atoms in total. The van der Waals surface area contributed by atoms with Crippen LogP contribution in [-0.4, -0.2) is 31.5 Å². The fraction of sp³-hybridized carbons (Fsp3) is 0.294. The summed E-state index contributed by atoms with van der Waals surface area (Å²) in [5.74, 6) is 0.732. The van der Waals surface area contributed by atoms with E-state index in [-0.39, 0.29) is 11.4 Å². The third-order valence-corrected chi connectivity index (χ3v) is 6.43. The molecule has 0 unspecified atom stereocenters. The zero-order valence-electron chi connectivity index (χ0n) is 14.1. The van der Waals surface area contributed by atoms with Crippen LogP contribution in [0.2, 0.25) is 0 Å². The highest BCUT2D eigenvalue weighted by Crippen LogP contribution is 2.28. The van der Waals surface area contributed by atoms with Crippen LogP contribution in [0.4, 0.5) is 5.82 Å². The van der Waals surface area contributed by atoms with E-state index in [2.05, 4.69) is 33.0 Å². The highest BCUT2D eigenvalue weighted by Gasteiger charge is 2.13. The van der Waals surface area contributed by atoms with Gasteiger partial charge in [0.15, 0.2) is 0 Å². The maximum absolute atomic E-state index is 12.2. The number of hydrogen-bond donors (Lipinski definition) is 2. The van der Waals surface area contributed by atoms with E-state index in [9.17, 15) is 8.42 Å². The van der Waals surface area contributed by atoms with E-state index in [0.717, 1.165) is 28.0 Å². The number of aromatic nitrogens is 2. The molecule has 0 saturated heterocycles. The molecule has 8 heteroatoms. The van der Waals surface area contributed by atoms with Crippen LogP contribution in [0, 0.1) is 6.92 Å². The molecule has 2 heterocycles. The van der Waals surface area contributed by atoms with Gasteiger partial charge in [-0.15, -0.1) is 11.3 Å². The van der Waals surface area contributed by atoms with Gasteiger partial charge in [0.25, 0.3) is 0 Å². The number of rotatable bonds is 7. The second-order valence-electron chi connectivity index (χ2n) is 5.64. The number of thiophene rings is 1. The number of hydrogen-bond acceptors (Lipinski definition) is 6. The number of aryl methyl sites for hydroxylation is 2. The van der Waals surface area contributed by atoms with Crippen LogP contribution >= 0.6 is 11.3 Å². The van der Waals surface area contributed by atoms with Crippen LogP contribution in [-0.2, 0) is 16.4 Å². The average Bonchev–Trinajstić information content (AvgIpc) is 3.03. The van der Waals surface area contributed by atoms with Crippen LogP contribution in [0.3, 0.4) is 0 Å². The van der Waals surface area contributed by atoms with Crippen LogP contribution in [0.5, 0.6) is 0 Å². The van der Waals surface area contributed by atoms with Crippen LogP contribution in [0.25, 0.3) is 10.2 Å². The second kappa shape index (κ2) is 7.47. The molecule has 2 aromatic heterocycles. The topological polar surface area (TPSA) is 84.0 Å². The third-order valence-electron chi connectivity index (χ3n) is 3.77. The van der Waals surface area contributed by atoms with Gasteiger partial charge in [-0.2, -0.15) is 0 Å². The van der Waals surface area contributed by atoms with Crippen molar-refractivity contribution >= 4 is 37.4 Å². The van der Waals surface area contributed by atoms with Gasteiger partial charge in [0, 0.05) is 18.0 Å². The highest BCUT2D eigenvalue weighted by molar-refractivity contribution is 7.89. The zero-order valence-corrected chi connectivity index (χ0v) is 15.7. The molecule has 0 atom stereocenters. The Morgan fingerprint density at radius 1 is 1.12 bits per heavy atom. The number of benzene rings is 1. The molecule has 1 aromatic carbocycles. The lowest BCUT2D eigenvalue weighted by Crippen LogP contribution is -2.29. The first-order valence-corrected chi connectivity index (χ1v) is 10.3. The molecule has 0 radical (unpaired) electrons. The van der Waals surface area contributed by atoms with E-state index in [4.69, 9.17) is 0 Å². The standard InChI is InChI=1S/C17H20N4O2S2/c1-3-13-10-15-16(19-11-20-17(15)24-13)18-8-9-21-25(22,23)14-6-4-12(2)5-7-14/h4-7,10-11,21H,3,8-9H2,1-2H3,(H,18,19,20). The maximum atomic E-state index is 12.2. The van der Waals surface area contributed by atoms with E-state index < -0.39 is 10.0 Å².